The van der Waals surface area contributed by atoms with E-state index >= 15 is 0 Å². The Morgan fingerprint density at radius 1 is 1.69 bits per heavy atom. The number of aryl methyl sites for hydroxylation is 1. The van der Waals surface area contributed by atoms with E-state index in [1.807, 2.05) is 19.9 Å². The third kappa shape index (κ3) is 2.06. The number of carbonyl (C=O) groups excluding carboxylic acids is 1. The second-order valence-corrected chi connectivity index (χ2v) is 3.11. The maximum Gasteiger partial charge on any atom is 0.236 e. The minimum atomic E-state index is -0.695. The fourth-order valence-corrected chi connectivity index (χ4v) is 1.06. The Hall–Kier alpha value is -1.36. The number of nitrogens with zero attached hydrogens (tertiary/aromatic N) is 2. The molecule has 1 aromatic rings. The fourth-order valence-electron chi connectivity index (χ4n) is 1.06. The predicted molar refractivity (Wildman–Crippen MR) is 48.8 cm³/mol. The van der Waals surface area contributed by atoms with Crippen LogP contribution in [0, 0.1) is 6.92 Å². The zero-order valence-corrected chi connectivity index (χ0v) is 7.77. The minimum absolute atomic E-state index is 0.203. The SMILES string of the molecule is Cc1ccn(C(C)C(N)C(N)=O)n1. The van der Waals surface area contributed by atoms with E-state index in [2.05, 4.69) is 5.10 Å². The molecular formula is C8H14N4O. The summed E-state index contributed by atoms with van der Waals surface area (Å²) < 4.78 is 1.64. The first-order valence-electron chi connectivity index (χ1n) is 4.09. The molecule has 0 saturated carbocycles. The van der Waals surface area contributed by atoms with Crippen LogP contribution in [0.3, 0.4) is 0 Å². The first-order chi connectivity index (χ1) is 6.02. The second kappa shape index (κ2) is 3.57. The van der Waals surface area contributed by atoms with Crippen molar-refractivity contribution in [3.63, 3.8) is 0 Å². The van der Waals surface area contributed by atoms with Gasteiger partial charge in [-0.1, -0.05) is 0 Å². The molecule has 0 aromatic carbocycles. The Balaban J connectivity index is 2.78. The summed E-state index contributed by atoms with van der Waals surface area (Å²) in [7, 11) is 0. The zero-order valence-electron chi connectivity index (χ0n) is 7.77. The average molecular weight is 182 g/mol. The molecule has 0 radical (unpaired) electrons. The summed E-state index contributed by atoms with van der Waals surface area (Å²) in [6.07, 6.45) is 1.78. The van der Waals surface area contributed by atoms with Gasteiger partial charge in [-0.3, -0.25) is 9.48 Å². The number of hydrogen-bond acceptors (Lipinski definition) is 3. The molecule has 0 saturated heterocycles. The third-order valence-electron chi connectivity index (χ3n) is 2.01. The standard InChI is InChI=1S/C8H14N4O/c1-5-3-4-12(11-5)6(2)7(9)8(10)13/h3-4,6-7H,9H2,1-2H3,(H2,10,13). The highest BCUT2D eigenvalue weighted by molar-refractivity contribution is 5.80. The number of hydrogen-bond donors (Lipinski definition) is 2. The molecule has 2 unspecified atom stereocenters. The Bertz CT molecular complexity index is 307. The Morgan fingerprint density at radius 2 is 2.31 bits per heavy atom. The Labute approximate surface area is 76.7 Å². The summed E-state index contributed by atoms with van der Waals surface area (Å²) in [6.45, 7) is 3.68. The highest BCUT2D eigenvalue weighted by Crippen LogP contribution is 2.08. The summed E-state index contributed by atoms with van der Waals surface area (Å²) in [5.74, 6) is -0.513. The van der Waals surface area contributed by atoms with Crippen molar-refractivity contribution in [3.05, 3.63) is 18.0 Å². The van der Waals surface area contributed by atoms with Gasteiger partial charge in [-0.2, -0.15) is 5.10 Å². The highest BCUT2D eigenvalue weighted by atomic mass is 16.1. The van der Waals surface area contributed by atoms with Crippen LogP contribution in [0.1, 0.15) is 18.7 Å². The Morgan fingerprint density at radius 3 is 2.69 bits per heavy atom. The van der Waals surface area contributed by atoms with Crippen LogP contribution in [0.4, 0.5) is 0 Å². The summed E-state index contributed by atoms with van der Waals surface area (Å²) in [4.78, 5) is 10.8. The minimum Gasteiger partial charge on any atom is -0.368 e. The van der Waals surface area contributed by atoms with E-state index in [4.69, 9.17) is 11.5 Å². The maximum atomic E-state index is 10.8. The van der Waals surface area contributed by atoms with Crippen molar-refractivity contribution in [1.82, 2.24) is 9.78 Å². The van der Waals surface area contributed by atoms with Gasteiger partial charge in [0.1, 0.15) is 6.04 Å². The molecule has 0 aliphatic rings. The maximum absolute atomic E-state index is 10.8. The summed E-state index contributed by atoms with van der Waals surface area (Å²) in [5.41, 5.74) is 11.5. The molecule has 1 aromatic heterocycles. The van der Waals surface area contributed by atoms with Crippen LogP contribution in [-0.2, 0) is 4.79 Å². The van der Waals surface area contributed by atoms with Gasteiger partial charge in [0.25, 0.3) is 0 Å². The topological polar surface area (TPSA) is 86.9 Å². The molecule has 5 heteroatoms. The van der Waals surface area contributed by atoms with Gasteiger partial charge >= 0.3 is 0 Å². The molecular weight excluding hydrogens is 168 g/mol. The summed E-state index contributed by atoms with van der Waals surface area (Å²) >= 11 is 0. The van der Waals surface area contributed by atoms with Gasteiger partial charge in [0.2, 0.25) is 5.91 Å². The van der Waals surface area contributed by atoms with Gasteiger partial charge in [-0.15, -0.1) is 0 Å². The molecule has 5 nitrogen and oxygen atoms in total. The third-order valence-corrected chi connectivity index (χ3v) is 2.01. The van der Waals surface area contributed by atoms with Crippen LogP contribution in [0.2, 0.25) is 0 Å². The molecule has 0 aliphatic carbocycles. The lowest BCUT2D eigenvalue weighted by Crippen LogP contribution is -2.42. The fraction of sp³-hybridized carbons (Fsp3) is 0.500. The molecule has 0 spiro atoms. The first kappa shape index (κ1) is 9.73. The molecule has 13 heavy (non-hydrogen) atoms. The van der Waals surface area contributed by atoms with Crippen molar-refractivity contribution in [2.45, 2.75) is 25.9 Å². The van der Waals surface area contributed by atoms with Gasteiger partial charge in [-0.25, -0.2) is 0 Å². The van der Waals surface area contributed by atoms with Gasteiger partial charge in [0, 0.05) is 6.20 Å². The predicted octanol–water partition coefficient (Wildman–Crippen LogP) is -0.435. The number of carbonyl (C=O) groups is 1. The van der Waals surface area contributed by atoms with E-state index < -0.39 is 11.9 Å². The van der Waals surface area contributed by atoms with Gasteiger partial charge in [0.05, 0.1) is 11.7 Å². The molecule has 1 heterocycles. The van der Waals surface area contributed by atoms with Crippen molar-refractivity contribution >= 4 is 5.91 Å². The number of primary amides is 1. The van der Waals surface area contributed by atoms with Crippen molar-refractivity contribution in [3.8, 4) is 0 Å². The molecule has 2 atom stereocenters. The van der Waals surface area contributed by atoms with E-state index in [1.165, 1.54) is 0 Å². The quantitative estimate of drug-likeness (QED) is 0.664. The lowest BCUT2D eigenvalue weighted by molar-refractivity contribution is -0.120. The molecule has 0 bridgehead atoms. The monoisotopic (exact) mass is 182 g/mol. The van der Waals surface area contributed by atoms with E-state index in [0.717, 1.165) is 5.69 Å². The largest absolute Gasteiger partial charge is 0.368 e. The molecule has 0 aliphatic heterocycles. The molecule has 1 rings (SSSR count). The smallest absolute Gasteiger partial charge is 0.236 e. The number of nitrogens with two attached hydrogens (primary N) is 2. The molecule has 0 fully saturated rings. The van der Waals surface area contributed by atoms with Crippen LogP contribution in [0.25, 0.3) is 0 Å². The molecule has 72 valence electrons. The van der Waals surface area contributed by atoms with E-state index in [0.29, 0.717) is 0 Å². The van der Waals surface area contributed by atoms with E-state index in [-0.39, 0.29) is 6.04 Å². The number of amides is 1. The van der Waals surface area contributed by atoms with Crippen LogP contribution in [0.5, 0.6) is 0 Å². The Kier molecular flexibility index (Phi) is 2.67. The lowest BCUT2D eigenvalue weighted by Gasteiger charge is -2.16. The van der Waals surface area contributed by atoms with Crippen molar-refractivity contribution in [1.29, 1.82) is 0 Å². The highest BCUT2D eigenvalue weighted by Gasteiger charge is 2.19. The lowest BCUT2D eigenvalue weighted by atomic mass is 10.1. The average Bonchev–Trinajstić information content (AvgIpc) is 2.49. The zero-order chi connectivity index (χ0) is 10.0. The van der Waals surface area contributed by atoms with Crippen LogP contribution in [-0.4, -0.2) is 21.7 Å². The number of rotatable bonds is 3. The van der Waals surface area contributed by atoms with E-state index in [9.17, 15) is 4.79 Å². The van der Waals surface area contributed by atoms with Gasteiger partial charge < -0.3 is 11.5 Å². The second-order valence-electron chi connectivity index (χ2n) is 3.11. The molecule has 4 N–H and O–H groups in total. The normalized spacial score (nSPS) is 15.3. The summed E-state index contributed by atoms with van der Waals surface area (Å²) in [6, 6.07) is 0.954. The van der Waals surface area contributed by atoms with Crippen molar-refractivity contribution < 1.29 is 4.79 Å². The van der Waals surface area contributed by atoms with Crippen LogP contribution >= 0.6 is 0 Å². The van der Waals surface area contributed by atoms with Crippen LogP contribution < -0.4 is 11.5 Å². The first-order valence-corrected chi connectivity index (χ1v) is 4.09. The number of aromatic nitrogens is 2. The molecule has 1 amide bonds. The van der Waals surface area contributed by atoms with Gasteiger partial charge in [0.15, 0.2) is 0 Å². The van der Waals surface area contributed by atoms with Crippen LogP contribution in [0.15, 0.2) is 12.3 Å². The van der Waals surface area contributed by atoms with Gasteiger partial charge in [-0.05, 0) is 19.9 Å². The van der Waals surface area contributed by atoms with Crippen molar-refractivity contribution in [2.75, 3.05) is 0 Å². The van der Waals surface area contributed by atoms with Crippen molar-refractivity contribution in [2.24, 2.45) is 11.5 Å². The van der Waals surface area contributed by atoms with E-state index in [1.54, 1.807) is 10.9 Å². The summed E-state index contributed by atoms with van der Waals surface area (Å²) in [5, 5.41) is 4.14.